The van der Waals surface area contributed by atoms with Crippen LogP contribution >= 0.6 is 0 Å². The molecule has 1 aliphatic heterocycles. The van der Waals surface area contributed by atoms with E-state index in [1.165, 1.54) is 5.57 Å². The first kappa shape index (κ1) is 22.1. The lowest BCUT2D eigenvalue weighted by molar-refractivity contribution is -0.151. The first-order valence-electron chi connectivity index (χ1n) is 11.3. The number of fused-ring (bicyclic) bond motifs is 1. The number of ether oxygens (including phenoxy) is 2. The lowest BCUT2D eigenvalue weighted by Gasteiger charge is -2.59. The van der Waals surface area contributed by atoms with Crippen molar-refractivity contribution in [3.63, 3.8) is 0 Å². The number of para-hydroxylation sites is 1. The van der Waals surface area contributed by atoms with Crippen LogP contribution in [0.2, 0.25) is 0 Å². The van der Waals surface area contributed by atoms with Gasteiger partial charge in [0, 0.05) is 5.41 Å². The minimum atomic E-state index is -0.510. The number of benzene rings is 1. The molecule has 0 bridgehead atoms. The Bertz CT molecular complexity index is 862. The number of hydrogen-bond donors (Lipinski definition) is 2. The molecule has 6 atom stereocenters. The van der Waals surface area contributed by atoms with Crippen LogP contribution in [0.5, 0.6) is 5.75 Å². The molecule has 3 aliphatic rings. The Kier molecular flexibility index (Phi) is 6.01. The molecule has 0 spiro atoms. The lowest BCUT2D eigenvalue weighted by atomic mass is 9.46. The largest absolute Gasteiger partial charge is 0.482 e. The molecule has 2 saturated carbocycles. The van der Waals surface area contributed by atoms with Crippen molar-refractivity contribution >= 4 is 5.97 Å². The summed E-state index contributed by atoms with van der Waals surface area (Å²) in [6.07, 6.45) is 5.13. The van der Waals surface area contributed by atoms with Crippen molar-refractivity contribution in [2.75, 3.05) is 13.2 Å². The van der Waals surface area contributed by atoms with E-state index in [1.807, 2.05) is 43.3 Å². The summed E-state index contributed by atoms with van der Waals surface area (Å²) in [5.74, 6) is 0.784. The summed E-state index contributed by atoms with van der Waals surface area (Å²) >= 11 is 0. The van der Waals surface area contributed by atoms with Crippen LogP contribution in [0.4, 0.5) is 0 Å². The topological polar surface area (TPSA) is 76.0 Å². The number of allylic oxidation sites excluding steroid dienone is 2. The standard InChI is InChI=1S/C26H34O5/c1-17-9-12-22-25(2,14-13-23(28)26(22,3)16-27)20(17)11-10-19-21(15-30-24(19)29)31-18-7-5-4-6-8-18/h4-8,10,20-23,27-28H,1,9,11-16H2,2-3H3/b19-10+/t20?,21-,22-,23?,25-,26-/m0/s1. The first-order chi connectivity index (χ1) is 14.8. The fraction of sp³-hybridized carbons (Fsp3) is 0.577. The van der Waals surface area contributed by atoms with Gasteiger partial charge in [0.2, 0.25) is 0 Å². The summed E-state index contributed by atoms with van der Waals surface area (Å²) in [5, 5.41) is 20.8. The van der Waals surface area contributed by atoms with E-state index in [9.17, 15) is 15.0 Å². The van der Waals surface area contributed by atoms with Gasteiger partial charge >= 0.3 is 5.97 Å². The Morgan fingerprint density at radius 2 is 2.00 bits per heavy atom. The average Bonchev–Trinajstić information content (AvgIpc) is 3.10. The Hall–Kier alpha value is -2.11. The van der Waals surface area contributed by atoms with E-state index in [-0.39, 0.29) is 36.4 Å². The Balaban J connectivity index is 1.57. The molecule has 0 amide bonds. The molecule has 168 valence electrons. The number of cyclic esters (lactones) is 1. The molecule has 5 nitrogen and oxygen atoms in total. The molecule has 2 aliphatic carbocycles. The zero-order valence-corrected chi connectivity index (χ0v) is 18.5. The highest BCUT2D eigenvalue weighted by Crippen LogP contribution is 2.61. The van der Waals surface area contributed by atoms with Crippen LogP contribution < -0.4 is 4.74 Å². The molecule has 2 N–H and O–H groups in total. The molecule has 3 fully saturated rings. The third kappa shape index (κ3) is 3.83. The van der Waals surface area contributed by atoms with Gasteiger partial charge in [-0.2, -0.15) is 0 Å². The smallest absolute Gasteiger partial charge is 0.337 e. The molecule has 0 radical (unpaired) electrons. The Labute approximate surface area is 184 Å². The number of esters is 1. The van der Waals surface area contributed by atoms with E-state index in [4.69, 9.17) is 9.47 Å². The van der Waals surface area contributed by atoms with Gasteiger partial charge in [-0.3, -0.25) is 0 Å². The number of hydrogen-bond acceptors (Lipinski definition) is 5. The molecule has 2 unspecified atom stereocenters. The zero-order chi connectivity index (χ0) is 22.2. The molecular formula is C26H34O5. The normalized spacial score (nSPS) is 39.3. The second-order valence-corrected chi connectivity index (χ2v) is 9.94. The fourth-order valence-electron chi connectivity index (χ4n) is 6.31. The van der Waals surface area contributed by atoms with E-state index in [1.54, 1.807) is 0 Å². The van der Waals surface area contributed by atoms with Crippen LogP contribution in [0, 0.1) is 22.7 Å². The molecule has 1 saturated heterocycles. The summed E-state index contributed by atoms with van der Waals surface area (Å²) in [5.41, 5.74) is 1.17. The van der Waals surface area contributed by atoms with Gasteiger partial charge in [-0.25, -0.2) is 4.79 Å². The van der Waals surface area contributed by atoms with Crippen molar-refractivity contribution in [3.8, 4) is 5.75 Å². The molecule has 4 rings (SSSR count). The van der Waals surface area contributed by atoms with E-state index in [2.05, 4.69) is 13.5 Å². The van der Waals surface area contributed by atoms with Crippen molar-refractivity contribution in [3.05, 3.63) is 54.1 Å². The number of aliphatic hydroxyl groups is 2. The number of carbonyl (C=O) groups is 1. The molecule has 0 aromatic heterocycles. The minimum absolute atomic E-state index is 0.0198. The summed E-state index contributed by atoms with van der Waals surface area (Å²) in [7, 11) is 0. The van der Waals surface area contributed by atoms with Crippen LogP contribution in [0.15, 0.2) is 54.1 Å². The van der Waals surface area contributed by atoms with Crippen molar-refractivity contribution in [1.82, 2.24) is 0 Å². The maximum Gasteiger partial charge on any atom is 0.337 e. The van der Waals surface area contributed by atoms with Gasteiger partial charge in [-0.15, -0.1) is 0 Å². The minimum Gasteiger partial charge on any atom is -0.482 e. The summed E-state index contributed by atoms with van der Waals surface area (Å²) in [6.45, 7) is 8.87. The molecule has 5 heteroatoms. The van der Waals surface area contributed by atoms with E-state index in [0.717, 1.165) is 19.3 Å². The fourth-order valence-corrected chi connectivity index (χ4v) is 6.31. The van der Waals surface area contributed by atoms with Crippen LogP contribution in [-0.4, -0.2) is 41.6 Å². The summed E-state index contributed by atoms with van der Waals surface area (Å²) < 4.78 is 11.3. The highest BCUT2D eigenvalue weighted by molar-refractivity contribution is 5.91. The maximum absolute atomic E-state index is 12.4. The van der Waals surface area contributed by atoms with Crippen molar-refractivity contribution in [1.29, 1.82) is 0 Å². The quantitative estimate of drug-likeness (QED) is 0.422. The highest BCUT2D eigenvalue weighted by atomic mass is 16.6. The van der Waals surface area contributed by atoms with Crippen LogP contribution in [-0.2, 0) is 9.53 Å². The molecule has 1 heterocycles. The number of aliphatic hydroxyl groups excluding tert-OH is 2. The van der Waals surface area contributed by atoms with Gasteiger partial charge in [0.15, 0.2) is 6.10 Å². The molecular weight excluding hydrogens is 392 g/mol. The zero-order valence-electron chi connectivity index (χ0n) is 18.5. The van der Waals surface area contributed by atoms with Gasteiger partial charge in [-0.1, -0.05) is 50.3 Å². The molecule has 31 heavy (non-hydrogen) atoms. The van der Waals surface area contributed by atoms with Crippen molar-refractivity contribution < 1.29 is 24.5 Å². The maximum atomic E-state index is 12.4. The van der Waals surface area contributed by atoms with Gasteiger partial charge in [0.25, 0.3) is 0 Å². The van der Waals surface area contributed by atoms with Crippen molar-refractivity contribution in [2.45, 2.75) is 58.2 Å². The van der Waals surface area contributed by atoms with Crippen LogP contribution in [0.3, 0.4) is 0 Å². The second kappa shape index (κ2) is 8.44. The average molecular weight is 427 g/mol. The third-order valence-corrected chi connectivity index (χ3v) is 8.24. The summed E-state index contributed by atoms with van der Waals surface area (Å²) in [4.78, 5) is 12.4. The van der Waals surface area contributed by atoms with Crippen LogP contribution in [0.1, 0.15) is 46.0 Å². The third-order valence-electron chi connectivity index (χ3n) is 8.24. The highest BCUT2D eigenvalue weighted by Gasteiger charge is 2.57. The molecule has 1 aromatic carbocycles. The predicted molar refractivity (Wildman–Crippen MR) is 118 cm³/mol. The van der Waals surface area contributed by atoms with E-state index in [0.29, 0.717) is 24.2 Å². The van der Waals surface area contributed by atoms with Crippen molar-refractivity contribution in [2.24, 2.45) is 22.7 Å². The van der Waals surface area contributed by atoms with E-state index >= 15 is 0 Å². The van der Waals surface area contributed by atoms with Gasteiger partial charge in [0.1, 0.15) is 12.4 Å². The molecule has 1 aromatic rings. The van der Waals surface area contributed by atoms with Gasteiger partial charge < -0.3 is 19.7 Å². The Morgan fingerprint density at radius 1 is 1.26 bits per heavy atom. The monoisotopic (exact) mass is 426 g/mol. The van der Waals surface area contributed by atoms with Gasteiger partial charge in [0.05, 0.1) is 18.3 Å². The SMILES string of the molecule is C=C1CC[C@H]2[C@@](C)(CCC(O)[C@@]2(C)CO)C1C/C=C1/C(=O)OC[C@@H]1Oc1ccccc1. The summed E-state index contributed by atoms with van der Waals surface area (Å²) in [6, 6.07) is 9.47. The van der Waals surface area contributed by atoms with E-state index < -0.39 is 17.6 Å². The predicted octanol–water partition coefficient (Wildman–Crippen LogP) is 4.05. The van der Waals surface area contributed by atoms with Crippen LogP contribution in [0.25, 0.3) is 0 Å². The number of carbonyl (C=O) groups excluding carboxylic acids is 1. The number of rotatable bonds is 5. The lowest BCUT2D eigenvalue weighted by Crippen LogP contribution is -2.57. The first-order valence-corrected chi connectivity index (χ1v) is 11.3. The van der Waals surface area contributed by atoms with Gasteiger partial charge in [-0.05, 0) is 61.5 Å². The Morgan fingerprint density at radius 3 is 2.71 bits per heavy atom. The second-order valence-electron chi connectivity index (χ2n) is 9.94.